The zero-order valence-corrected chi connectivity index (χ0v) is 30.8. The van der Waals surface area contributed by atoms with Crippen LogP contribution in [0, 0.1) is 5.92 Å². The quantitative estimate of drug-likeness (QED) is 0.143. The van der Waals surface area contributed by atoms with Gasteiger partial charge in [0.2, 0.25) is 20.9 Å². The van der Waals surface area contributed by atoms with Crippen LogP contribution in [-0.4, -0.2) is 77.0 Å². The molecule has 0 saturated heterocycles. The van der Waals surface area contributed by atoms with Crippen LogP contribution in [0.3, 0.4) is 0 Å². The molecule has 0 spiro atoms. The van der Waals surface area contributed by atoms with E-state index in [0.717, 1.165) is 29.6 Å². The van der Waals surface area contributed by atoms with Gasteiger partial charge in [0.05, 0.1) is 11.0 Å². The van der Waals surface area contributed by atoms with Gasteiger partial charge in [-0.25, -0.2) is 28.4 Å². The number of nitrogens with zero attached hydrogens (tertiary/aromatic N) is 6. The summed E-state index contributed by atoms with van der Waals surface area (Å²) in [5.41, 5.74) is 1.90. The van der Waals surface area contributed by atoms with Crippen molar-refractivity contribution in [2.24, 2.45) is 5.92 Å². The number of rotatable bonds is 10. The van der Waals surface area contributed by atoms with E-state index < -0.39 is 9.84 Å². The van der Waals surface area contributed by atoms with Gasteiger partial charge in [0, 0.05) is 74.6 Å². The molecule has 0 radical (unpaired) electrons. The molecule has 6 aromatic rings. The van der Waals surface area contributed by atoms with E-state index in [-0.39, 0.29) is 22.7 Å². The largest absolute Gasteiger partial charge is 0.457 e. The van der Waals surface area contributed by atoms with Gasteiger partial charge in [-0.2, -0.15) is 0 Å². The van der Waals surface area contributed by atoms with Crippen molar-refractivity contribution >= 4 is 49.4 Å². The molecule has 1 saturated carbocycles. The summed E-state index contributed by atoms with van der Waals surface area (Å²) >= 11 is 0. The first-order chi connectivity index (χ1) is 26.1. The second-order valence-electron chi connectivity index (χ2n) is 12.6. The molecule has 0 bridgehead atoms. The third kappa shape index (κ3) is 9.77. The summed E-state index contributed by atoms with van der Waals surface area (Å²) in [7, 11) is -0.379. The number of pyridine rings is 2. The Morgan fingerprint density at radius 2 is 1.20 bits per heavy atom. The summed E-state index contributed by atoms with van der Waals surface area (Å²) in [6.45, 7) is 0.933. The molecule has 0 atom stereocenters. The Bertz CT molecular complexity index is 2410. The highest BCUT2D eigenvalue weighted by molar-refractivity contribution is 7.90. The number of nitrogens with one attached hydrogen (secondary N) is 3. The normalized spacial score (nSPS) is 13.0. The van der Waals surface area contributed by atoms with Crippen molar-refractivity contribution in [3.05, 3.63) is 96.8 Å². The Balaban J connectivity index is 0.000000186. The second kappa shape index (κ2) is 17.0. The van der Waals surface area contributed by atoms with Gasteiger partial charge in [-0.05, 0) is 67.3 Å². The Hall–Kier alpha value is -6.29. The van der Waals surface area contributed by atoms with E-state index in [0.29, 0.717) is 45.5 Å². The van der Waals surface area contributed by atoms with Gasteiger partial charge in [-0.15, -0.1) is 0 Å². The van der Waals surface area contributed by atoms with Gasteiger partial charge in [0.1, 0.15) is 34.4 Å². The first-order valence-corrected chi connectivity index (χ1v) is 19.2. The van der Waals surface area contributed by atoms with Crippen molar-refractivity contribution in [2.75, 3.05) is 32.2 Å². The lowest BCUT2D eigenvalue weighted by molar-refractivity contribution is 0.0950. The third-order valence-corrected chi connectivity index (χ3v) is 9.40. The molecule has 1 fully saturated rings. The van der Waals surface area contributed by atoms with E-state index in [1.165, 1.54) is 57.6 Å². The second-order valence-corrected chi connectivity index (χ2v) is 14.5. The molecule has 7 rings (SSSR count). The van der Waals surface area contributed by atoms with Crippen molar-refractivity contribution in [3.63, 3.8) is 0 Å². The minimum Gasteiger partial charge on any atom is -0.457 e. The van der Waals surface area contributed by atoms with Crippen LogP contribution in [0.25, 0.3) is 21.8 Å². The van der Waals surface area contributed by atoms with Gasteiger partial charge in [-0.1, -0.05) is 19.3 Å². The number of hydrogen-bond acceptors (Lipinski definition) is 13. The molecule has 4 heterocycles. The smallest absolute Gasteiger partial charge is 0.269 e. The van der Waals surface area contributed by atoms with E-state index in [1.807, 2.05) is 18.2 Å². The van der Waals surface area contributed by atoms with Crippen LogP contribution in [0.15, 0.2) is 90.6 Å². The van der Waals surface area contributed by atoms with Gasteiger partial charge < -0.3 is 25.4 Å². The van der Waals surface area contributed by atoms with E-state index in [1.54, 1.807) is 55.8 Å². The number of ether oxygens (including phenoxy) is 2. The Labute approximate surface area is 311 Å². The van der Waals surface area contributed by atoms with Gasteiger partial charge in [-0.3, -0.25) is 19.6 Å². The molecule has 278 valence electrons. The molecule has 1 aliphatic carbocycles. The minimum atomic E-state index is -3.47. The zero-order valence-electron chi connectivity index (χ0n) is 29.9. The highest BCUT2D eigenvalue weighted by Crippen LogP contribution is 2.28. The summed E-state index contributed by atoms with van der Waals surface area (Å²) in [4.78, 5) is 48.3. The number of carbonyl (C=O) groups excluding carboxylic acids is 2. The Kier molecular flexibility index (Phi) is 11.8. The molecule has 2 amide bonds. The topological polar surface area (TPSA) is 200 Å². The predicted octanol–water partition coefficient (Wildman–Crippen LogP) is 5.75. The van der Waals surface area contributed by atoms with Crippen molar-refractivity contribution in [1.82, 2.24) is 40.5 Å². The summed E-state index contributed by atoms with van der Waals surface area (Å²) in [6.07, 6.45) is 13.9. The summed E-state index contributed by atoms with van der Waals surface area (Å²) in [5.74, 6) is 2.96. The molecule has 54 heavy (non-hydrogen) atoms. The Morgan fingerprint density at radius 1 is 0.685 bits per heavy atom. The number of amides is 2. The van der Waals surface area contributed by atoms with Gasteiger partial charge in [0.15, 0.2) is 0 Å². The van der Waals surface area contributed by atoms with E-state index in [9.17, 15) is 18.0 Å². The molecule has 0 unspecified atom stereocenters. The number of sulfone groups is 1. The predicted molar refractivity (Wildman–Crippen MR) is 203 cm³/mol. The van der Waals surface area contributed by atoms with Crippen LogP contribution in [-0.2, 0) is 9.84 Å². The first kappa shape index (κ1) is 37.5. The fourth-order valence-electron chi connectivity index (χ4n) is 5.75. The number of carbonyl (C=O) groups is 2. The van der Waals surface area contributed by atoms with Crippen molar-refractivity contribution in [1.29, 1.82) is 0 Å². The fourth-order valence-corrected chi connectivity index (χ4v) is 6.26. The Morgan fingerprint density at radius 3 is 1.74 bits per heavy atom. The van der Waals surface area contributed by atoms with Crippen LogP contribution >= 0.6 is 0 Å². The lowest BCUT2D eigenvalue weighted by Crippen LogP contribution is -2.18. The van der Waals surface area contributed by atoms with Crippen molar-refractivity contribution < 1.29 is 27.5 Å². The van der Waals surface area contributed by atoms with Crippen LogP contribution in [0.2, 0.25) is 0 Å². The SMILES string of the molecule is CNC(=O)c1cc(Oc2ccc3nc(NCC4CCCCC4)ncc3c2)ccn1.CNC(=O)c1cc(Oc2ccc3nc(S(C)(=O)=O)ncc3c2)ccn1. The summed E-state index contributed by atoms with van der Waals surface area (Å²) in [6, 6.07) is 17.1. The van der Waals surface area contributed by atoms with Gasteiger partial charge in [0.25, 0.3) is 11.8 Å². The number of fused-ring (bicyclic) bond motifs is 2. The number of hydrogen-bond donors (Lipinski definition) is 3. The highest BCUT2D eigenvalue weighted by Gasteiger charge is 2.15. The summed E-state index contributed by atoms with van der Waals surface area (Å²) < 4.78 is 34.6. The molecule has 2 aromatic carbocycles. The lowest BCUT2D eigenvalue weighted by Gasteiger charge is -2.21. The molecule has 0 aliphatic heterocycles. The summed E-state index contributed by atoms with van der Waals surface area (Å²) in [5, 5.41) is 9.73. The first-order valence-electron chi connectivity index (χ1n) is 17.3. The third-order valence-electron chi connectivity index (χ3n) is 8.54. The maximum Gasteiger partial charge on any atom is 0.269 e. The number of aromatic nitrogens is 6. The molecule has 4 aromatic heterocycles. The number of benzene rings is 2. The molecular formula is C38H39N9O6S. The van der Waals surface area contributed by atoms with Crippen molar-refractivity contribution in [2.45, 2.75) is 37.3 Å². The molecular weight excluding hydrogens is 711 g/mol. The monoisotopic (exact) mass is 749 g/mol. The van der Waals surface area contributed by atoms with Crippen LogP contribution in [0.4, 0.5) is 5.95 Å². The highest BCUT2D eigenvalue weighted by atomic mass is 32.2. The molecule has 3 N–H and O–H groups in total. The molecule has 16 heteroatoms. The number of anilines is 1. The van der Waals surface area contributed by atoms with Crippen LogP contribution < -0.4 is 25.4 Å². The molecule has 15 nitrogen and oxygen atoms in total. The van der Waals surface area contributed by atoms with E-state index in [4.69, 9.17) is 9.47 Å². The maximum absolute atomic E-state index is 11.7. The van der Waals surface area contributed by atoms with Gasteiger partial charge >= 0.3 is 0 Å². The average Bonchev–Trinajstić information content (AvgIpc) is 3.19. The average molecular weight is 750 g/mol. The maximum atomic E-state index is 11.7. The van der Waals surface area contributed by atoms with E-state index in [2.05, 4.69) is 45.9 Å². The van der Waals surface area contributed by atoms with Crippen molar-refractivity contribution in [3.8, 4) is 23.0 Å². The standard InChI is InChI=1S/C22H25N5O2.C16H14N4O4S/c1-23-21(28)20-12-18(9-10-24-20)29-17-7-8-19-16(11-17)14-26-22(27-19)25-13-15-5-3-2-4-6-15;1-17-15(21)14-8-12(5-6-18-14)24-11-3-4-13-10(7-11)9-19-16(20-13)25(2,22)23/h7-12,14-15H,2-6,13H2,1H3,(H,23,28)(H,25,26,27);3-9H,1-2H3,(H,17,21). The lowest BCUT2D eigenvalue weighted by atomic mass is 9.89. The fraction of sp³-hybridized carbons (Fsp3) is 0.263. The van der Waals surface area contributed by atoms with Crippen LogP contribution in [0.5, 0.6) is 23.0 Å². The van der Waals surface area contributed by atoms with Crippen LogP contribution in [0.1, 0.15) is 53.1 Å². The molecule has 1 aliphatic rings. The van der Waals surface area contributed by atoms with E-state index >= 15 is 0 Å². The zero-order chi connectivity index (χ0) is 38.1. The minimum absolute atomic E-state index is 0.224.